The van der Waals surface area contributed by atoms with Crippen LogP contribution < -0.4 is 0 Å². The van der Waals surface area contributed by atoms with Crippen molar-refractivity contribution in [3.63, 3.8) is 0 Å². The highest BCUT2D eigenvalue weighted by atomic mass is 16.7. The van der Waals surface area contributed by atoms with Gasteiger partial charge in [0.25, 0.3) is 0 Å². The molecule has 64 heavy (non-hydrogen) atoms. The molecule has 0 aromatic rings. The van der Waals surface area contributed by atoms with Gasteiger partial charge in [0.2, 0.25) is 0 Å². The lowest BCUT2D eigenvalue weighted by Crippen LogP contribution is -2.61. The summed E-state index contributed by atoms with van der Waals surface area (Å²) in [7, 11) is 0. The minimum atomic E-state index is -1.71. The topological polar surface area (TPSA) is 214 Å². The molecule has 0 radical (unpaired) electrons. The number of hydrogen-bond acceptors (Lipinski definition) is 14. The van der Waals surface area contributed by atoms with E-state index in [1.165, 1.54) is 89.9 Å². The fourth-order valence-electron chi connectivity index (χ4n) is 7.76. The molecule has 11 atom stereocenters. The van der Waals surface area contributed by atoms with Gasteiger partial charge in [-0.25, -0.2) is 0 Å². The maximum absolute atomic E-state index is 12.9. The van der Waals surface area contributed by atoms with Crippen molar-refractivity contribution in [3.8, 4) is 0 Å². The van der Waals surface area contributed by atoms with Crippen LogP contribution in [0.15, 0.2) is 36.5 Å². The Morgan fingerprint density at radius 3 is 1.52 bits per heavy atom. The molecule has 11 unspecified atom stereocenters. The SMILES string of the molecule is CCCCCCC/C=C\C/C=C\C/C=C\CCCCCCCCCOCC(COC1OC(COC2OC(CO)C(O)C(O)C2O)C(O)C(O)C1O)OC(=O)CCCCCCCCCC. The van der Waals surface area contributed by atoms with Gasteiger partial charge in [0.15, 0.2) is 12.6 Å². The van der Waals surface area contributed by atoms with Gasteiger partial charge >= 0.3 is 5.97 Å². The normalized spacial score (nSPS) is 27.0. The van der Waals surface area contributed by atoms with E-state index in [2.05, 4.69) is 50.3 Å². The molecule has 2 aliphatic heterocycles. The predicted octanol–water partition coefficient (Wildman–Crippen LogP) is 7.02. The molecule has 374 valence electrons. The Hall–Kier alpha value is -1.79. The summed E-state index contributed by atoms with van der Waals surface area (Å²) in [4.78, 5) is 12.9. The lowest BCUT2D eigenvalue weighted by Gasteiger charge is -2.42. The zero-order valence-corrected chi connectivity index (χ0v) is 39.5. The third kappa shape index (κ3) is 25.9. The molecule has 0 saturated carbocycles. The van der Waals surface area contributed by atoms with E-state index in [9.17, 15) is 40.5 Å². The molecule has 0 bridgehead atoms. The number of carbonyl (C=O) groups excluding carboxylic acids is 1. The number of unbranched alkanes of at least 4 members (excludes halogenated alkanes) is 19. The van der Waals surface area contributed by atoms with Crippen LogP contribution in [0, 0.1) is 0 Å². The number of aliphatic hydroxyl groups is 7. The van der Waals surface area contributed by atoms with Crippen LogP contribution in [0.1, 0.15) is 174 Å². The van der Waals surface area contributed by atoms with Crippen LogP contribution in [-0.2, 0) is 33.2 Å². The van der Waals surface area contributed by atoms with Gasteiger partial charge in [0.1, 0.15) is 54.9 Å². The number of esters is 1. The van der Waals surface area contributed by atoms with Gasteiger partial charge in [-0.2, -0.15) is 0 Å². The van der Waals surface area contributed by atoms with Gasteiger partial charge < -0.3 is 64.2 Å². The standard InChI is InChI=1S/C50H90O14/c1-3-5-7-9-11-13-14-15-16-17-18-19-20-21-22-23-24-25-26-28-30-32-34-59-36-39(62-42(52)33-31-29-27-12-10-8-6-4-2)37-60-49-48(58)46(56)44(54)41(64-49)38-61-50-47(57)45(55)43(53)40(35-51)63-50/h14-15,17-18,20-21,39-41,43-51,53-58H,3-13,16,19,22-38H2,1-2H3/b15-14-,18-17-,21-20-. The first kappa shape index (κ1) is 58.3. The number of ether oxygens (including phenoxy) is 6. The van der Waals surface area contributed by atoms with Gasteiger partial charge in [0.05, 0.1) is 26.4 Å². The van der Waals surface area contributed by atoms with E-state index in [0.717, 1.165) is 57.8 Å². The van der Waals surface area contributed by atoms with E-state index < -0.39 is 80.7 Å². The lowest BCUT2D eigenvalue weighted by molar-refractivity contribution is -0.332. The summed E-state index contributed by atoms with van der Waals surface area (Å²) in [6.07, 6.45) is 25.2. The highest BCUT2D eigenvalue weighted by Gasteiger charge is 2.47. The van der Waals surface area contributed by atoms with E-state index in [-0.39, 0.29) is 25.6 Å². The summed E-state index contributed by atoms with van der Waals surface area (Å²) >= 11 is 0. The van der Waals surface area contributed by atoms with Crippen LogP contribution in [-0.4, -0.2) is 142 Å². The third-order valence-electron chi connectivity index (χ3n) is 11.9. The number of rotatable bonds is 39. The summed E-state index contributed by atoms with van der Waals surface area (Å²) in [5.74, 6) is -0.385. The van der Waals surface area contributed by atoms with Crippen molar-refractivity contribution in [2.24, 2.45) is 0 Å². The average Bonchev–Trinajstić information content (AvgIpc) is 3.29. The molecule has 7 N–H and O–H groups in total. The van der Waals surface area contributed by atoms with Gasteiger partial charge in [-0.15, -0.1) is 0 Å². The Labute approximate surface area is 385 Å². The second kappa shape index (κ2) is 38.2. The molecule has 0 aromatic carbocycles. The molecule has 2 saturated heterocycles. The Morgan fingerprint density at radius 1 is 0.516 bits per heavy atom. The smallest absolute Gasteiger partial charge is 0.306 e. The van der Waals surface area contributed by atoms with Crippen LogP contribution in [0.4, 0.5) is 0 Å². The molecule has 2 fully saturated rings. The predicted molar refractivity (Wildman–Crippen MR) is 247 cm³/mol. The van der Waals surface area contributed by atoms with Gasteiger partial charge in [-0.05, 0) is 51.4 Å². The van der Waals surface area contributed by atoms with Gasteiger partial charge in [0, 0.05) is 13.0 Å². The highest BCUT2D eigenvalue weighted by molar-refractivity contribution is 5.69. The zero-order chi connectivity index (χ0) is 46.6. The zero-order valence-electron chi connectivity index (χ0n) is 39.5. The maximum atomic E-state index is 12.9. The Kier molecular flexibility index (Phi) is 34.8. The minimum Gasteiger partial charge on any atom is -0.457 e. The van der Waals surface area contributed by atoms with E-state index in [4.69, 9.17) is 28.4 Å². The molecule has 2 aliphatic rings. The molecular weight excluding hydrogens is 825 g/mol. The van der Waals surface area contributed by atoms with Crippen LogP contribution in [0.2, 0.25) is 0 Å². The first-order chi connectivity index (χ1) is 31.1. The van der Waals surface area contributed by atoms with Crippen molar-refractivity contribution < 1.29 is 69.0 Å². The quantitative estimate of drug-likeness (QED) is 0.0188. The third-order valence-corrected chi connectivity index (χ3v) is 11.9. The summed E-state index contributed by atoms with van der Waals surface area (Å²) in [6, 6.07) is 0. The molecule has 0 aliphatic carbocycles. The van der Waals surface area contributed by atoms with Crippen molar-refractivity contribution >= 4 is 5.97 Å². The van der Waals surface area contributed by atoms with E-state index in [1.54, 1.807) is 0 Å². The molecular formula is C50H90O14. The second-order valence-electron chi connectivity index (χ2n) is 17.6. The van der Waals surface area contributed by atoms with Gasteiger partial charge in [-0.3, -0.25) is 4.79 Å². The minimum absolute atomic E-state index is 0.0560. The van der Waals surface area contributed by atoms with E-state index in [0.29, 0.717) is 13.0 Å². The molecule has 14 heteroatoms. The summed E-state index contributed by atoms with van der Waals surface area (Å²) in [5, 5.41) is 71.9. The second-order valence-corrected chi connectivity index (χ2v) is 17.6. The van der Waals surface area contributed by atoms with Crippen LogP contribution in [0.3, 0.4) is 0 Å². The summed E-state index contributed by atoms with van der Waals surface area (Å²) < 4.78 is 34.1. The molecule has 2 heterocycles. The first-order valence-electron chi connectivity index (χ1n) is 25.1. The number of carbonyl (C=O) groups is 1. The van der Waals surface area contributed by atoms with E-state index in [1.807, 2.05) is 0 Å². The fraction of sp³-hybridized carbons (Fsp3) is 0.860. The van der Waals surface area contributed by atoms with Crippen molar-refractivity contribution in [3.05, 3.63) is 36.5 Å². The molecule has 0 amide bonds. The van der Waals surface area contributed by atoms with Crippen LogP contribution in [0.25, 0.3) is 0 Å². The van der Waals surface area contributed by atoms with Crippen molar-refractivity contribution in [2.45, 2.75) is 242 Å². The molecule has 14 nitrogen and oxygen atoms in total. The Morgan fingerprint density at radius 2 is 0.969 bits per heavy atom. The highest BCUT2D eigenvalue weighted by Crippen LogP contribution is 2.26. The number of allylic oxidation sites excluding steroid dienone is 6. The lowest BCUT2D eigenvalue weighted by atomic mass is 9.98. The molecule has 0 aromatic heterocycles. The largest absolute Gasteiger partial charge is 0.457 e. The Bertz CT molecular complexity index is 1200. The van der Waals surface area contributed by atoms with Crippen LogP contribution >= 0.6 is 0 Å². The molecule has 2 rings (SSSR count). The van der Waals surface area contributed by atoms with Crippen molar-refractivity contribution in [2.75, 3.05) is 33.0 Å². The summed E-state index contributed by atoms with van der Waals surface area (Å²) in [6.45, 7) is 3.61. The fourth-order valence-corrected chi connectivity index (χ4v) is 7.76. The first-order valence-corrected chi connectivity index (χ1v) is 25.1. The van der Waals surface area contributed by atoms with Crippen LogP contribution in [0.5, 0.6) is 0 Å². The average molecular weight is 915 g/mol. The monoisotopic (exact) mass is 915 g/mol. The Balaban J connectivity index is 1.72. The molecule has 0 spiro atoms. The number of aliphatic hydroxyl groups excluding tert-OH is 7. The van der Waals surface area contributed by atoms with Gasteiger partial charge in [-0.1, -0.05) is 153 Å². The number of hydrogen-bond donors (Lipinski definition) is 7. The van der Waals surface area contributed by atoms with Crippen molar-refractivity contribution in [1.29, 1.82) is 0 Å². The summed E-state index contributed by atoms with van der Waals surface area (Å²) in [5.41, 5.74) is 0. The van der Waals surface area contributed by atoms with E-state index >= 15 is 0 Å². The maximum Gasteiger partial charge on any atom is 0.306 e. The van der Waals surface area contributed by atoms with Crippen molar-refractivity contribution in [1.82, 2.24) is 0 Å².